The van der Waals surface area contributed by atoms with Gasteiger partial charge in [-0.25, -0.2) is 4.39 Å². The van der Waals surface area contributed by atoms with E-state index in [2.05, 4.69) is 25.1 Å². The summed E-state index contributed by atoms with van der Waals surface area (Å²) in [5.74, 6) is 3.17. The topological polar surface area (TPSA) is 18.5 Å². The van der Waals surface area contributed by atoms with E-state index in [1.807, 2.05) is 0 Å². The van der Waals surface area contributed by atoms with Crippen molar-refractivity contribution in [2.75, 3.05) is 20.4 Å². The quantitative estimate of drug-likeness (QED) is 0.780. The van der Waals surface area contributed by atoms with E-state index in [0.717, 1.165) is 30.4 Å². The van der Waals surface area contributed by atoms with Gasteiger partial charge in [0.1, 0.15) is 12.4 Å². The van der Waals surface area contributed by atoms with E-state index in [9.17, 15) is 4.39 Å². The molecule has 1 aromatic rings. The molecule has 0 amide bonds. The number of fused-ring (bicyclic) bond motifs is 5. The van der Waals surface area contributed by atoms with E-state index in [0.29, 0.717) is 5.92 Å². The van der Waals surface area contributed by atoms with Crippen LogP contribution in [0.1, 0.15) is 56.1 Å². The van der Waals surface area contributed by atoms with Crippen molar-refractivity contribution >= 4 is 0 Å². The van der Waals surface area contributed by atoms with Crippen LogP contribution in [0.15, 0.2) is 18.2 Å². The van der Waals surface area contributed by atoms with Gasteiger partial charge < -0.3 is 9.47 Å². The van der Waals surface area contributed by atoms with Crippen LogP contribution < -0.4 is 4.74 Å². The van der Waals surface area contributed by atoms with E-state index < -0.39 is 0 Å². The molecule has 0 heterocycles. The van der Waals surface area contributed by atoms with Crippen LogP contribution in [0, 0.1) is 17.3 Å². The van der Waals surface area contributed by atoms with E-state index in [1.165, 1.54) is 31.2 Å². The molecule has 0 saturated heterocycles. The molecule has 0 unspecified atom stereocenters. The lowest BCUT2D eigenvalue weighted by molar-refractivity contribution is -0.0663. The third-order valence-electron chi connectivity index (χ3n) is 7.24. The fraction of sp³-hybridized carbons (Fsp3) is 0.714. The first-order valence-corrected chi connectivity index (χ1v) is 9.51. The molecular weight excluding hydrogens is 303 g/mol. The molecule has 3 aliphatic rings. The second-order valence-electron chi connectivity index (χ2n) is 8.15. The fourth-order valence-electron chi connectivity index (χ4n) is 6.10. The lowest BCUT2D eigenvalue weighted by Gasteiger charge is -2.50. The minimum Gasteiger partial charge on any atom is -0.497 e. The summed E-state index contributed by atoms with van der Waals surface area (Å²) in [4.78, 5) is 0. The highest BCUT2D eigenvalue weighted by molar-refractivity contribution is 5.40. The zero-order valence-electron chi connectivity index (χ0n) is 14.9. The highest BCUT2D eigenvalue weighted by Crippen LogP contribution is 2.61. The minimum absolute atomic E-state index is 0.250. The number of rotatable bonds is 4. The van der Waals surface area contributed by atoms with Crippen molar-refractivity contribution in [3.8, 4) is 5.75 Å². The molecule has 0 radical (unpaired) electrons. The van der Waals surface area contributed by atoms with Gasteiger partial charge in [0.25, 0.3) is 0 Å². The Morgan fingerprint density at radius 2 is 2.08 bits per heavy atom. The first-order chi connectivity index (χ1) is 11.7. The Bertz CT molecular complexity index is 602. The van der Waals surface area contributed by atoms with Crippen LogP contribution >= 0.6 is 0 Å². The highest BCUT2D eigenvalue weighted by atomic mass is 19.1. The fourth-order valence-corrected chi connectivity index (χ4v) is 6.10. The van der Waals surface area contributed by atoms with Crippen LogP contribution in [0.2, 0.25) is 0 Å². The van der Waals surface area contributed by atoms with E-state index in [4.69, 9.17) is 9.47 Å². The third kappa shape index (κ3) is 2.47. The summed E-state index contributed by atoms with van der Waals surface area (Å²) < 4.78 is 23.9. The molecular formula is C21H29FO2. The van der Waals surface area contributed by atoms with Gasteiger partial charge in [-0.15, -0.1) is 0 Å². The van der Waals surface area contributed by atoms with Crippen molar-refractivity contribution in [2.24, 2.45) is 17.3 Å². The monoisotopic (exact) mass is 332 g/mol. The second kappa shape index (κ2) is 6.33. The van der Waals surface area contributed by atoms with E-state index in [-0.39, 0.29) is 24.8 Å². The summed E-state index contributed by atoms with van der Waals surface area (Å²) in [6.07, 6.45) is 7.52. The van der Waals surface area contributed by atoms with Crippen LogP contribution in [-0.2, 0) is 11.2 Å². The molecule has 3 aliphatic carbocycles. The molecule has 2 fully saturated rings. The Hall–Kier alpha value is -1.09. The largest absolute Gasteiger partial charge is 0.497 e. The number of aryl methyl sites for hydroxylation is 1. The average molecular weight is 332 g/mol. The van der Waals surface area contributed by atoms with Crippen LogP contribution in [-0.4, -0.2) is 26.5 Å². The van der Waals surface area contributed by atoms with Crippen molar-refractivity contribution < 1.29 is 13.9 Å². The number of methoxy groups -OCH3 is 1. The predicted molar refractivity (Wildman–Crippen MR) is 93.3 cm³/mol. The molecule has 0 aromatic heterocycles. The molecule has 0 spiro atoms. The standard InChI is InChI=1S/C21H29FO2/c1-21-10-9-17-16-6-4-15(23-2)13-14(16)3-5-18(17)19(21)7-8-20(21)24-12-11-22/h4,6,13,17-20H,3,5,7-12H2,1-2H3/t17-,18+,19+,20+,21+/m1/s1. The van der Waals surface area contributed by atoms with Gasteiger partial charge in [-0.2, -0.15) is 0 Å². The molecule has 132 valence electrons. The normalized spacial score (nSPS) is 37.5. The number of hydrogen-bond donors (Lipinski definition) is 0. The van der Waals surface area contributed by atoms with Crippen LogP contribution in [0.3, 0.4) is 0 Å². The maximum atomic E-state index is 12.6. The molecule has 1 aromatic carbocycles. The molecule has 0 bridgehead atoms. The van der Waals surface area contributed by atoms with Gasteiger partial charge in [-0.05, 0) is 85.0 Å². The smallest absolute Gasteiger partial charge is 0.119 e. The molecule has 2 nitrogen and oxygen atoms in total. The van der Waals surface area contributed by atoms with Crippen molar-refractivity contribution in [3.05, 3.63) is 29.3 Å². The van der Waals surface area contributed by atoms with Gasteiger partial charge in [-0.3, -0.25) is 0 Å². The molecule has 2 saturated carbocycles. The molecule has 3 heteroatoms. The van der Waals surface area contributed by atoms with E-state index in [1.54, 1.807) is 12.7 Å². The van der Waals surface area contributed by atoms with Crippen molar-refractivity contribution in [1.82, 2.24) is 0 Å². The molecule has 4 rings (SSSR count). The molecule has 5 atom stereocenters. The Morgan fingerprint density at radius 1 is 1.21 bits per heavy atom. The maximum Gasteiger partial charge on any atom is 0.119 e. The Balaban J connectivity index is 1.58. The number of halogens is 1. The van der Waals surface area contributed by atoms with Gasteiger partial charge in [0.15, 0.2) is 0 Å². The molecule has 0 aliphatic heterocycles. The van der Waals surface area contributed by atoms with Gasteiger partial charge in [-0.1, -0.05) is 13.0 Å². The van der Waals surface area contributed by atoms with Crippen LogP contribution in [0.5, 0.6) is 5.75 Å². The second-order valence-corrected chi connectivity index (χ2v) is 8.15. The van der Waals surface area contributed by atoms with E-state index >= 15 is 0 Å². The first kappa shape index (κ1) is 16.4. The predicted octanol–water partition coefficient (Wildman–Crippen LogP) is 4.91. The zero-order valence-corrected chi connectivity index (χ0v) is 14.9. The van der Waals surface area contributed by atoms with Crippen LogP contribution in [0.25, 0.3) is 0 Å². The van der Waals surface area contributed by atoms with Crippen LogP contribution in [0.4, 0.5) is 4.39 Å². The number of ether oxygens (including phenoxy) is 2. The summed E-state index contributed by atoms with van der Waals surface area (Å²) in [6.45, 7) is 2.32. The Kier molecular flexibility index (Phi) is 4.32. The van der Waals surface area contributed by atoms with Gasteiger partial charge >= 0.3 is 0 Å². The van der Waals surface area contributed by atoms with Gasteiger partial charge in [0, 0.05) is 0 Å². The molecule has 0 N–H and O–H groups in total. The lowest BCUT2D eigenvalue weighted by atomic mass is 9.55. The molecule has 24 heavy (non-hydrogen) atoms. The average Bonchev–Trinajstić information content (AvgIpc) is 2.95. The highest BCUT2D eigenvalue weighted by Gasteiger charge is 2.55. The number of benzene rings is 1. The summed E-state index contributed by atoms with van der Waals surface area (Å²) in [5, 5.41) is 0. The van der Waals surface area contributed by atoms with Crippen molar-refractivity contribution in [1.29, 1.82) is 0 Å². The zero-order chi connectivity index (χ0) is 16.7. The van der Waals surface area contributed by atoms with Gasteiger partial charge in [0.05, 0.1) is 19.8 Å². The minimum atomic E-state index is -0.363. The Morgan fingerprint density at radius 3 is 2.88 bits per heavy atom. The third-order valence-corrected chi connectivity index (χ3v) is 7.24. The van der Waals surface area contributed by atoms with Crippen molar-refractivity contribution in [3.63, 3.8) is 0 Å². The summed E-state index contributed by atoms with van der Waals surface area (Å²) in [5.41, 5.74) is 3.30. The SMILES string of the molecule is COc1ccc2c(c1)CC[C@H]1[C@@H]2CC[C@]2(C)[C@@H](OCCF)CC[C@@H]12. The maximum absolute atomic E-state index is 12.6. The van der Waals surface area contributed by atoms with Gasteiger partial charge in [0.2, 0.25) is 0 Å². The summed E-state index contributed by atoms with van der Waals surface area (Å²) in [6, 6.07) is 6.66. The Labute approximate surface area is 144 Å². The number of alkyl halides is 1. The summed E-state index contributed by atoms with van der Waals surface area (Å²) in [7, 11) is 1.75. The van der Waals surface area contributed by atoms with Crippen molar-refractivity contribution in [2.45, 2.75) is 57.5 Å². The lowest BCUT2D eigenvalue weighted by Crippen LogP contribution is -2.44. The number of hydrogen-bond acceptors (Lipinski definition) is 2. The first-order valence-electron chi connectivity index (χ1n) is 9.51. The summed E-state index contributed by atoms with van der Waals surface area (Å²) >= 11 is 0.